The van der Waals surface area contributed by atoms with Gasteiger partial charge in [0.05, 0.1) is 0 Å². The van der Waals surface area contributed by atoms with E-state index in [9.17, 15) is 17.6 Å². The summed E-state index contributed by atoms with van der Waals surface area (Å²) in [6.45, 7) is 0. The summed E-state index contributed by atoms with van der Waals surface area (Å²) in [6, 6.07) is 36.6. The van der Waals surface area contributed by atoms with Gasteiger partial charge < -0.3 is 24.0 Å². The summed E-state index contributed by atoms with van der Waals surface area (Å²) < 4.78 is 69.5. The van der Waals surface area contributed by atoms with Crippen molar-refractivity contribution in [2.75, 3.05) is 0 Å². The zero-order valence-electron chi connectivity index (χ0n) is 26.8. The van der Waals surface area contributed by atoms with Gasteiger partial charge in [0.2, 0.25) is 18.8 Å². The maximum Gasteiger partial charge on any atom is 2.00 e. The molecule has 8 aromatic rings. The number of fused-ring (bicyclic) bond motifs is 3. The topological polar surface area (TPSA) is 75.0 Å². The van der Waals surface area contributed by atoms with Crippen LogP contribution in [0.4, 0.5) is 17.6 Å². The molecule has 7 nitrogen and oxygen atoms in total. The normalized spacial score (nSPS) is 11.1. The van der Waals surface area contributed by atoms with Crippen LogP contribution in [0.2, 0.25) is 0 Å². The van der Waals surface area contributed by atoms with Crippen LogP contribution in [0.3, 0.4) is 0 Å². The van der Waals surface area contributed by atoms with Gasteiger partial charge in [0, 0.05) is 47.8 Å². The van der Waals surface area contributed by atoms with E-state index < -0.39 is 12.9 Å². The Balaban J connectivity index is 0.00000240. The molecule has 0 spiro atoms. The molecule has 0 N–H and O–H groups in total. The molecule has 0 aliphatic rings. The van der Waals surface area contributed by atoms with Gasteiger partial charge in [-0.25, -0.2) is 27.5 Å². The summed E-state index contributed by atoms with van der Waals surface area (Å²) in [5, 5.41) is 1.46. The van der Waals surface area contributed by atoms with E-state index in [0.29, 0.717) is 33.5 Å². The van der Waals surface area contributed by atoms with E-state index in [4.69, 9.17) is 9.47 Å². The SMILES string of the molecule is FC(F)c1cc(Oc2[c-]c3c(cc2)c2ccc(Oc4[c-]c(-c5ccccn5)cc(C(F)F)c4)[c-]c2n3-c2ncccn2)[c-]c(-c2ccccn2)c1.[Pt+2].[Pt+2]. The Hall–Kier alpha value is -5.24. The smallest absolute Gasteiger partial charge is 0.503 e. The Bertz CT molecular complexity index is 2350. The first-order valence-corrected chi connectivity index (χ1v) is 15.5. The third-order valence-electron chi connectivity index (χ3n) is 7.84. The molecule has 0 bridgehead atoms. The number of halogens is 4. The third kappa shape index (κ3) is 7.92. The molecule has 0 saturated carbocycles. The maximum absolute atomic E-state index is 13.9. The fourth-order valence-electron chi connectivity index (χ4n) is 5.60. The van der Waals surface area contributed by atoms with Crippen molar-refractivity contribution in [1.82, 2.24) is 24.5 Å². The standard InChI is InChI=1S/C40H21F4N5O2.2Pt/c41-38(42)26-16-24(34-6-1-3-12-45-34)18-30(20-26)50-28-8-10-32-33-11-9-29(23-37(33)49(36(32)22-28)40-47-14-5-15-48-40)51-31-19-25(17-27(21-31)39(43)44)35-7-2-4-13-46-35;;/h1-17,20-21,38-39H;;/q-4;2*+2. The summed E-state index contributed by atoms with van der Waals surface area (Å²) in [5.74, 6) is 0.823. The number of alkyl halides is 4. The van der Waals surface area contributed by atoms with E-state index in [1.165, 1.54) is 24.3 Å². The van der Waals surface area contributed by atoms with Crippen molar-refractivity contribution in [2.24, 2.45) is 0 Å². The second-order valence-electron chi connectivity index (χ2n) is 11.2. The summed E-state index contributed by atoms with van der Waals surface area (Å²) in [7, 11) is 0. The van der Waals surface area contributed by atoms with Gasteiger partial charge in [-0.05, 0) is 29.6 Å². The summed E-state index contributed by atoms with van der Waals surface area (Å²) in [5.41, 5.74) is 2.13. The number of pyridine rings is 2. The fraction of sp³-hybridized carbons (Fsp3) is 0.0500. The Morgan fingerprint density at radius 3 is 1.36 bits per heavy atom. The van der Waals surface area contributed by atoms with Crippen molar-refractivity contribution in [3.8, 4) is 51.5 Å². The number of ether oxygens (including phenoxy) is 2. The van der Waals surface area contributed by atoms with Crippen LogP contribution in [0, 0.1) is 24.3 Å². The van der Waals surface area contributed by atoms with E-state index in [1.54, 1.807) is 96.1 Å². The summed E-state index contributed by atoms with van der Waals surface area (Å²) in [6.07, 6.45) is 0.784. The van der Waals surface area contributed by atoms with Gasteiger partial charge >= 0.3 is 42.1 Å². The molecule has 4 aromatic heterocycles. The number of hydrogen-bond acceptors (Lipinski definition) is 6. The van der Waals surface area contributed by atoms with Gasteiger partial charge in [0.1, 0.15) is 0 Å². The molecule has 8 rings (SSSR count). The molecule has 266 valence electrons. The summed E-state index contributed by atoms with van der Waals surface area (Å²) >= 11 is 0. The van der Waals surface area contributed by atoms with Gasteiger partial charge in [-0.3, -0.25) is 0 Å². The summed E-state index contributed by atoms with van der Waals surface area (Å²) in [4.78, 5) is 17.4. The molecule has 0 aliphatic heterocycles. The first-order chi connectivity index (χ1) is 24.9. The number of nitrogens with zero attached hydrogens (tertiary/aromatic N) is 5. The number of benzene rings is 4. The van der Waals surface area contributed by atoms with E-state index in [1.807, 2.05) is 0 Å². The van der Waals surface area contributed by atoms with Crippen LogP contribution in [0.15, 0.2) is 116 Å². The Kier molecular flexibility index (Phi) is 11.5. The van der Waals surface area contributed by atoms with E-state index in [0.717, 1.165) is 10.8 Å². The van der Waals surface area contributed by atoms with Crippen LogP contribution >= 0.6 is 0 Å². The molecule has 4 heterocycles. The molecule has 0 fully saturated rings. The van der Waals surface area contributed by atoms with Crippen LogP contribution in [-0.4, -0.2) is 24.5 Å². The molecule has 0 unspecified atom stereocenters. The van der Waals surface area contributed by atoms with Crippen molar-refractivity contribution in [3.05, 3.63) is 151 Å². The zero-order valence-corrected chi connectivity index (χ0v) is 31.4. The van der Waals surface area contributed by atoms with Crippen LogP contribution in [-0.2, 0) is 42.1 Å². The second-order valence-corrected chi connectivity index (χ2v) is 11.2. The minimum Gasteiger partial charge on any atom is -0.503 e. The number of rotatable bonds is 9. The minimum atomic E-state index is -2.75. The number of aromatic nitrogens is 5. The zero-order chi connectivity index (χ0) is 34.9. The van der Waals surface area contributed by atoms with Gasteiger partial charge in [-0.15, -0.1) is 47.5 Å². The van der Waals surface area contributed by atoms with E-state index >= 15 is 0 Å². The van der Waals surface area contributed by atoms with Crippen molar-refractivity contribution < 1.29 is 69.2 Å². The minimum absolute atomic E-state index is 0. The largest absolute Gasteiger partial charge is 2.00 e. The first kappa shape index (κ1) is 37.5. The van der Waals surface area contributed by atoms with Gasteiger partial charge in [0.25, 0.3) is 0 Å². The Morgan fingerprint density at radius 2 is 0.943 bits per heavy atom. The van der Waals surface area contributed by atoms with Gasteiger partial charge in [0.15, 0.2) is 0 Å². The van der Waals surface area contributed by atoms with Gasteiger partial charge in [-0.1, -0.05) is 70.7 Å². The van der Waals surface area contributed by atoms with Crippen molar-refractivity contribution >= 4 is 21.8 Å². The van der Waals surface area contributed by atoms with Crippen LogP contribution < -0.4 is 9.47 Å². The Morgan fingerprint density at radius 1 is 0.491 bits per heavy atom. The molecule has 13 heteroatoms. The van der Waals surface area contributed by atoms with E-state index in [2.05, 4.69) is 44.2 Å². The van der Waals surface area contributed by atoms with Gasteiger partial charge in [-0.2, -0.15) is 22.9 Å². The Labute approximate surface area is 329 Å². The van der Waals surface area contributed by atoms with Crippen LogP contribution in [0.5, 0.6) is 23.0 Å². The molecule has 0 aliphatic carbocycles. The van der Waals surface area contributed by atoms with Crippen molar-refractivity contribution in [1.29, 1.82) is 0 Å². The average Bonchev–Trinajstić information content (AvgIpc) is 3.48. The fourth-order valence-corrected chi connectivity index (χ4v) is 5.60. The van der Waals surface area contributed by atoms with E-state index in [-0.39, 0.29) is 82.2 Å². The maximum atomic E-state index is 13.9. The molecular weight excluding hydrogens is 1050 g/mol. The van der Waals surface area contributed by atoms with Crippen LogP contribution in [0.25, 0.3) is 50.3 Å². The average molecular weight is 1070 g/mol. The molecule has 4 aromatic carbocycles. The quantitative estimate of drug-likeness (QED) is 0.106. The predicted octanol–water partition coefficient (Wildman–Crippen LogP) is 10.4. The second kappa shape index (κ2) is 16.2. The number of hydrogen-bond donors (Lipinski definition) is 0. The molecule has 0 radical (unpaired) electrons. The molecular formula is C40H21F4N5O2Pt2. The molecule has 0 saturated heterocycles. The molecule has 53 heavy (non-hydrogen) atoms. The first-order valence-electron chi connectivity index (χ1n) is 15.5. The molecule has 0 atom stereocenters. The monoisotopic (exact) mass is 1070 g/mol. The molecule has 0 amide bonds. The third-order valence-corrected chi connectivity index (χ3v) is 7.84. The predicted molar refractivity (Wildman–Crippen MR) is 181 cm³/mol. The van der Waals surface area contributed by atoms with Crippen molar-refractivity contribution in [3.63, 3.8) is 0 Å². The van der Waals surface area contributed by atoms with Crippen molar-refractivity contribution in [2.45, 2.75) is 12.9 Å². The van der Waals surface area contributed by atoms with Crippen LogP contribution in [0.1, 0.15) is 24.0 Å².